The highest BCUT2D eigenvalue weighted by Crippen LogP contribution is 2.31. The largest absolute Gasteiger partial charge is 0.467 e. The molecule has 0 bridgehead atoms. The third kappa shape index (κ3) is 4.03. The maximum atomic E-state index is 14.0. The predicted octanol–water partition coefficient (Wildman–Crippen LogP) is 5.24. The van der Waals surface area contributed by atoms with Gasteiger partial charge in [-0.2, -0.15) is 0 Å². The number of aromatic nitrogens is 3. The van der Waals surface area contributed by atoms with Crippen LogP contribution in [-0.4, -0.2) is 25.9 Å². The molecule has 0 aliphatic heterocycles. The average Bonchev–Trinajstić information content (AvgIpc) is 3.54. The monoisotopic (exact) mass is 442 g/mol. The minimum atomic E-state index is -0.187. The van der Waals surface area contributed by atoms with Crippen LogP contribution in [0.15, 0.2) is 68.4 Å². The number of nitrogens with zero attached hydrogens (tertiary/aromatic N) is 4. The molecule has 0 aliphatic carbocycles. The Hall–Kier alpha value is -4.20. The van der Waals surface area contributed by atoms with Gasteiger partial charge in [0.1, 0.15) is 17.3 Å². The van der Waals surface area contributed by atoms with Gasteiger partial charge >= 0.3 is 0 Å². The molecule has 0 radical (unpaired) electrons. The van der Waals surface area contributed by atoms with Crippen molar-refractivity contribution < 1.29 is 18.2 Å². The van der Waals surface area contributed by atoms with E-state index in [4.69, 9.17) is 13.4 Å². The van der Waals surface area contributed by atoms with Crippen LogP contribution < -0.4 is 0 Å². The number of rotatable bonds is 6. The Bertz CT molecular complexity index is 1420. The zero-order valence-electron chi connectivity index (χ0n) is 18.5. The maximum absolute atomic E-state index is 14.0. The molecule has 0 unspecified atom stereocenters. The highest BCUT2D eigenvalue weighted by Gasteiger charge is 2.25. The fourth-order valence-corrected chi connectivity index (χ4v) is 3.96. The lowest BCUT2D eigenvalue weighted by molar-refractivity contribution is 0.0719. The molecule has 1 amide bonds. The lowest BCUT2D eigenvalue weighted by Crippen LogP contribution is -2.30. The second-order valence-electron chi connectivity index (χ2n) is 7.93. The molecule has 5 aromatic heterocycles. The average molecular weight is 442 g/mol. The van der Waals surface area contributed by atoms with Gasteiger partial charge in [0.05, 0.1) is 35.1 Å². The first-order valence-electron chi connectivity index (χ1n) is 10.5. The van der Waals surface area contributed by atoms with E-state index in [-0.39, 0.29) is 5.91 Å². The van der Waals surface area contributed by atoms with Crippen molar-refractivity contribution in [2.75, 3.05) is 0 Å². The van der Waals surface area contributed by atoms with Crippen LogP contribution in [0.4, 0.5) is 0 Å². The molecule has 166 valence electrons. The van der Waals surface area contributed by atoms with Crippen LogP contribution in [0.5, 0.6) is 0 Å². The summed E-state index contributed by atoms with van der Waals surface area (Å²) in [5, 5.41) is 4.65. The van der Waals surface area contributed by atoms with Crippen molar-refractivity contribution in [2.45, 2.75) is 33.9 Å². The fraction of sp³-hybridized carbons (Fsp3) is 0.200. The van der Waals surface area contributed by atoms with E-state index in [1.807, 2.05) is 38.1 Å². The molecule has 33 heavy (non-hydrogen) atoms. The van der Waals surface area contributed by atoms with E-state index in [9.17, 15) is 4.79 Å². The number of carbonyl (C=O) groups is 1. The summed E-state index contributed by atoms with van der Waals surface area (Å²) in [4.78, 5) is 24.5. The first-order chi connectivity index (χ1) is 16.0. The van der Waals surface area contributed by atoms with Gasteiger partial charge in [0.2, 0.25) is 0 Å². The van der Waals surface area contributed by atoms with Gasteiger partial charge in [0.15, 0.2) is 0 Å². The van der Waals surface area contributed by atoms with Gasteiger partial charge in [0.25, 0.3) is 11.6 Å². The standard InChI is InChI=1S/C25H22N4O4/c1-15-10-20(17(3)32-15)22-11-21(23-16(2)28-33-24(23)27-22)25(30)29(14-19-7-5-9-31-19)13-18-6-4-8-26-12-18/h4-12H,13-14H2,1-3H3. The number of aryl methyl sites for hydroxylation is 3. The van der Waals surface area contributed by atoms with Crippen LogP contribution >= 0.6 is 0 Å². The molecule has 5 heterocycles. The lowest BCUT2D eigenvalue weighted by atomic mass is 10.0. The summed E-state index contributed by atoms with van der Waals surface area (Å²) >= 11 is 0. The van der Waals surface area contributed by atoms with Gasteiger partial charge in [-0.05, 0) is 56.7 Å². The zero-order valence-corrected chi connectivity index (χ0v) is 18.5. The van der Waals surface area contributed by atoms with Crippen LogP contribution in [0.25, 0.3) is 22.4 Å². The molecule has 0 aromatic carbocycles. The van der Waals surface area contributed by atoms with Gasteiger partial charge in [0, 0.05) is 24.5 Å². The molecule has 0 spiro atoms. The normalized spacial score (nSPS) is 11.2. The predicted molar refractivity (Wildman–Crippen MR) is 120 cm³/mol. The van der Waals surface area contributed by atoms with Crippen LogP contribution in [-0.2, 0) is 13.1 Å². The summed E-state index contributed by atoms with van der Waals surface area (Å²) in [6.07, 6.45) is 5.05. The number of fused-ring (bicyclic) bond motifs is 1. The maximum Gasteiger partial charge on any atom is 0.259 e. The fourth-order valence-electron chi connectivity index (χ4n) is 3.96. The molecule has 0 atom stereocenters. The first kappa shape index (κ1) is 20.7. The Morgan fingerprint density at radius 3 is 2.67 bits per heavy atom. The van der Waals surface area contributed by atoms with E-state index in [0.717, 1.165) is 22.6 Å². The van der Waals surface area contributed by atoms with E-state index in [1.54, 1.807) is 42.6 Å². The highest BCUT2D eigenvalue weighted by atomic mass is 16.5. The van der Waals surface area contributed by atoms with Crippen molar-refractivity contribution in [2.24, 2.45) is 0 Å². The van der Waals surface area contributed by atoms with E-state index in [2.05, 4.69) is 15.1 Å². The first-order valence-corrected chi connectivity index (χ1v) is 10.5. The molecule has 0 fully saturated rings. The second-order valence-corrected chi connectivity index (χ2v) is 7.93. The minimum Gasteiger partial charge on any atom is -0.467 e. The van der Waals surface area contributed by atoms with Gasteiger partial charge in [-0.1, -0.05) is 11.2 Å². The number of pyridine rings is 2. The van der Waals surface area contributed by atoms with Crippen molar-refractivity contribution in [3.8, 4) is 11.3 Å². The van der Waals surface area contributed by atoms with Crippen LogP contribution in [0, 0.1) is 20.8 Å². The number of hydrogen-bond acceptors (Lipinski definition) is 7. The Balaban J connectivity index is 1.62. The summed E-state index contributed by atoms with van der Waals surface area (Å²) in [5.41, 5.74) is 3.68. The van der Waals surface area contributed by atoms with Gasteiger partial charge < -0.3 is 18.3 Å². The van der Waals surface area contributed by atoms with Crippen molar-refractivity contribution in [1.82, 2.24) is 20.0 Å². The van der Waals surface area contributed by atoms with E-state index < -0.39 is 0 Å². The van der Waals surface area contributed by atoms with Crippen LogP contribution in [0.3, 0.4) is 0 Å². The van der Waals surface area contributed by atoms with Crippen molar-refractivity contribution >= 4 is 17.0 Å². The molecule has 5 aromatic rings. The van der Waals surface area contributed by atoms with Crippen molar-refractivity contribution in [3.63, 3.8) is 0 Å². The highest BCUT2D eigenvalue weighted by molar-refractivity contribution is 6.07. The van der Waals surface area contributed by atoms with E-state index >= 15 is 0 Å². The molecule has 8 nitrogen and oxygen atoms in total. The summed E-state index contributed by atoms with van der Waals surface area (Å²) in [6.45, 7) is 6.20. The number of furan rings is 2. The molecule has 0 aliphatic rings. The third-order valence-corrected chi connectivity index (χ3v) is 5.47. The van der Waals surface area contributed by atoms with Crippen LogP contribution in [0.2, 0.25) is 0 Å². The Kier molecular flexibility index (Phi) is 5.26. The minimum absolute atomic E-state index is 0.187. The molecule has 5 rings (SSSR count). The molecule has 0 N–H and O–H groups in total. The third-order valence-electron chi connectivity index (χ3n) is 5.47. The molecule has 8 heteroatoms. The van der Waals surface area contributed by atoms with Crippen LogP contribution in [0.1, 0.15) is 38.9 Å². The zero-order chi connectivity index (χ0) is 22.9. The Morgan fingerprint density at radius 2 is 1.97 bits per heavy atom. The number of carbonyl (C=O) groups excluding carboxylic acids is 1. The number of amides is 1. The SMILES string of the molecule is Cc1cc(-c2cc(C(=O)N(Cc3cccnc3)Cc3ccco3)c3c(C)noc3n2)c(C)o1. The quantitative estimate of drug-likeness (QED) is 0.355. The summed E-state index contributed by atoms with van der Waals surface area (Å²) in [7, 11) is 0. The summed E-state index contributed by atoms with van der Waals surface area (Å²) in [6, 6.07) is 11.1. The Labute approximate surface area is 189 Å². The smallest absolute Gasteiger partial charge is 0.259 e. The lowest BCUT2D eigenvalue weighted by Gasteiger charge is -2.22. The number of hydrogen-bond donors (Lipinski definition) is 0. The molecule has 0 saturated carbocycles. The van der Waals surface area contributed by atoms with Gasteiger partial charge in [-0.25, -0.2) is 4.98 Å². The molecular weight excluding hydrogens is 420 g/mol. The van der Waals surface area contributed by atoms with Gasteiger partial charge in [-0.3, -0.25) is 9.78 Å². The summed E-state index contributed by atoms with van der Waals surface area (Å²) in [5.74, 6) is 1.98. The van der Waals surface area contributed by atoms with E-state index in [0.29, 0.717) is 46.9 Å². The topological polar surface area (TPSA) is 98.4 Å². The summed E-state index contributed by atoms with van der Waals surface area (Å²) < 4.78 is 16.7. The van der Waals surface area contributed by atoms with E-state index in [1.165, 1.54) is 0 Å². The second kappa shape index (κ2) is 8.38. The molecular formula is C25H22N4O4. The Morgan fingerprint density at radius 1 is 1.09 bits per heavy atom. The van der Waals surface area contributed by atoms with Crippen molar-refractivity contribution in [3.05, 3.63) is 89.2 Å². The van der Waals surface area contributed by atoms with Crippen molar-refractivity contribution in [1.29, 1.82) is 0 Å². The van der Waals surface area contributed by atoms with Gasteiger partial charge in [-0.15, -0.1) is 0 Å². The molecule has 0 saturated heterocycles.